The van der Waals surface area contributed by atoms with Crippen molar-refractivity contribution in [3.63, 3.8) is 0 Å². The van der Waals surface area contributed by atoms with E-state index in [9.17, 15) is 4.79 Å². The summed E-state index contributed by atoms with van der Waals surface area (Å²) in [5, 5.41) is 0. The first-order chi connectivity index (χ1) is 7.00. The van der Waals surface area contributed by atoms with Crippen LogP contribution in [0.1, 0.15) is 40.0 Å². The lowest BCUT2D eigenvalue weighted by atomic mass is 10.0. The minimum Gasteiger partial charge on any atom is -0.354 e. The van der Waals surface area contributed by atoms with E-state index in [2.05, 4.69) is 6.92 Å². The van der Waals surface area contributed by atoms with E-state index < -0.39 is 5.72 Å². The lowest BCUT2D eigenvalue weighted by Crippen LogP contribution is -2.45. The second kappa shape index (κ2) is 3.78. The lowest BCUT2D eigenvalue weighted by molar-refractivity contribution is -0.148. The molecular formula is C12H21NO2. The molecule has 1 saturated carbocycles. The minimum atomic E-state index is -0.394. The summed E-state index contributed by atoms with van der Waals surface area (Å²) in [6, 6.07) is 0. The summed E-state index contributed by atoms with van der Waals surface area (Å²) in [5.41, 5.74) is -0.394. The SMILES string of the molecule is CC(CC1CC1)C(=O)N1CCOC1(C)C. The fourth-order valence-electron chi connectivity index (χ4n) is 2.33. The first-order valence-corrected chi connectivity index (χ1v) is 5.96. The Bertz CT molecular complexity index is 258. The quantitative estimate of drug-likeness (QED) is 0.714. The molecule has 3 heteroatoms. The van der Waals surface area contributed by atoms with E-state index in [1.54, 1.807) is 0 Å². The molecule has 1 unspecified atom stereocenters. The van der Waals surface area contributed by atoms with Crippen LogP contribution in [0.15, 0.2) is 0 Å². The number of carbonyl (C=O) groups is 1. The first kappa shape index (κ1) is 10.9. The Morgan fingerprint density at radius 3 is 2.67 bits per heavy atom. The molecule has 86 valence electrons. The van der Waals surface area contributed by atoms with Crippen molar-refractivity contribution >= 4 is 5.91 Å². The highest BCUT2D eigenvalue weighted by molar-refractivity contribution is 5.79. The van der Waals surface area contributed by atoms with Gasteiger partial charge in [0.1, 0.15) is 5.72 Å². The van der Waals surface area contributed by atoms with Crippen LogP contribution in [-0.2, 0) is 9.53 Å². The van der Waals surface area contributed by atoms with Gasteiger partial charge in [0.25, 0.3) is 0 Å². The van der Waals surface area contributed by atoms with Crippen molar-refractivity contribution in [2.24, 2.45) is 11.8 Å². The molecule has 0 aromatic rings. The van der Waals surface area contributed by atoms with E-state index in [1.165, 1.54) is 12.8 Å². The molecule has 0 aromatic carbocycles. The Morgan fingerprint density at radius 1 is 1.53 bits per heavy atom. The van der Waals surface area contributed by atoms with Gasteiger partial charge in [-0.1, -0.05) is 19.8 Å². The number of carbonyl (C=O) groups excluding carboxylic acids is 1. The number of amides is 1. The Morgan fingerprint density at radius 2 is 2.20 bits per heavy atom. The number of ether oxygens (including phenoxy) is 1. The van der Waals surface area contributed by atoms with Crippen LogP contribution in [0.3, 0.4) is 0 Å². The van der Waals surface area contributed by atoms with Crippen molar-refractivity contribution in [2.45, 2.75) is 45.8 Å². The summed E-state index contributed by atoms with van der Waals surface area (Å²) in [5.74, 6) is 1.25. The molecule has 0 spiro atoms. The average Bonchev–Trinajstić information content (AvgIpc) is 2.88. The summed E-state index contributed by atoms with van der Waals surface area (Å²) >= 11 is 0. The van der Waals surface area contributed by atoms with Crippen molar-refractivity contribution in [2.75, 3.05) is 13.2 Å². The highest BCUT2D eigenvalue weighted by atomic mass is 16.5. The number of rotatable bonds is 3. The van der Waals surface area contributed by atoms with E-state index in [1.807, 2.05) is 18.7 Å². The van der Waals surface area contributed by atoms with Crippen LogP contribution >= 0.6 is 0 Å². The summed E-state index contributed by atoms with van der Waals surface area (Å²) < 4.78 is 5.55. The van der Waals surface area contributed by atoms with Crippen LogP contribution in [0.5, 0.6) is 0 Å². The topological polar surface area (TPSA) is 29.5 Å². The molecule has 2 rings (SSSR count). The summed E-state index contributed by atoms with van der Waals surface area (Å²) in [6.07, 6.45) is 3.69. The molecule has 1 aliphatic heterocycles. The molecule has 2 aliphatic rings. The van der Waals surface area contributed by atoms with E-state index in [4.69, 9.17) is 4.74 Å². The summed E-state index contributed by atoms with van der Waals surface area (Å²) in [4.78, 5) is 14.1. The van der Waals surface area contributed by atoms with Gasteiger partial charge < -0.3 is 9.64 Å². The van der Waals surface area contributed by atoms with Gasteiger partial charge in [0, 0.05) is 12.5 Å². The van der Waals surface area contributed by atoms with Gasteiger partial charge in [-0.3, -0.25) is 4.79 Å². The van der Waals surface area contributed by atoms with Crippen LogP contribution in [0.25, 0.3) is 0 Å². The van der Waals surface area contributed by atoms with Crippen LogP contribution < -0.4 is 0 Å². The molecule has 0 bridgehead atoms. The molecule has 1 saturated heterocycles. The predicted molar refractivity (Wildman–Crippen MR) is 58.2 cm³/mol. The zero-order valence-electron chi connectivity index (χ0n) is 9.95. The molecule has 1 amide bonds. The van der Waals surface area contributed by atoms with Crippen LogP contribution in [0.4, 0.5) is 0 Å². The van der Waals surface area contributed by atoms with Gasteiger partial charge >= 0.3 is 0 Å². The molecule has 2 fully saturated rings. The van der Waals surface area contributed by atoms with Crippen LogP contribution in [0.2, 0.25) is 0 Å². The average molecular weight is 211 g/mol. The van der Waals surface area contributed by atoms with Crippen molar-refractivity contribution < 1.29 is 9.53 Å². The Kier molecular flexibility index (Phi) is 2.75. The standard InChI is InChI=1S/C12H21NO2/c1-9(8-10-4-5-10)11(14)13-6-7-15-12(13,2)3/h9-10H,4-8H2,1-3H3. The van der Waals surface area contributed by atoms with Gasteiger partial charge in [0.05, 0.1) is 6.61 Å². The molecule has 15 heavy (non-hydrogen) atoms. The monoisotopic (exact) mass is 211 g/mol. The number of hydrogen-bond acceptors (Lipinski definition) is 2. The molecule has 1 heterocycles. The molecule has 1 aliphatic carbocycles. The van der Waals surface area contributed by atoms with Gasteiger partial charge in [-0.25, -0.2) is 0 Å². The molecule has 0 aromatic heterocycles. The third-order valence-corrected chi connectivity index (χ3v) is 3.49. The van der Waals surface area contributed by atoms with E-state index >= 15 is 0 Å². The van der Waals surface area contributed by atoms with Gasteiger partial charge in [-0.2, -0.15) is 0 Å². The summed E-state index contributed by atoms with van der Waals surface area (Å²) in [7, 11) is 0. The largest absolute Gasteiger partial charge is 0.354 e. The van der Waals surface area contributed by atoms with Crippen LogP contribution in [-0.4, -0.2) is 29.7 Å². The van der Waals surface area contributed by atoms with Gasteiger partial charge in [0.15, 0.2) is 0 Å². The van der Waals surface area contributed by atoms with Crippen molar-refractivity contribution in [1.82, 2.24) is 4.90 Å². The van der Waals surface area contributed by atoms with E-state index in [0.29, 0.717) is 6.61 Å². The molecule has 0 radical (unpaired) electrons. The number of nitrogens with zero attached hydrogens (tertiary/aromatic N) is 1. The molecular weight excluding hydrogens is 190 g/mol. The fraction of sp³-hybridized carbons (Fsp3) is 0.917. The lowest BCUT2D eigenvalue weighted by Gasteiger charge is -2.32. The molecule has 3 nitrogen and oxygen atoms in total. The van der Waals surface area contributed by atoms with E-state index in [-0.39, 0.29) is 11.8 Å². The predicted octanol–water partition coefficient (Wildman–Crippen LogP) is 2.02. The molecule has 0 N–H and O–H groups in total. The Hall–Kier alpha value is -0.570. The zero-order valence-corrected chi connectivity index (χ0v) is 9.95. The highest BCUT2D eigenvalue weighted by Gasteiger charge is 2.39. The van der Waals surface area contributed by atoms with E-state index in [0.717, 1.165) is 18.9 Å². The maximum atomic E-state index is 12.2. The maximum Gasteiger partial charge on any atom is 0.227 e. The van der Waals surface area contributed by atoms with Gasteiger partial charge in [-0.15, -0.1) is 0 Å². The second-order valence-electron chi connectivity index (χ2n) is 5.37. The molecule has 1 atom stereocenters. The number of hydrogen-bond donors (Lipinski definition) is 0. The third kappa shape index (κ3) is 2.33. The smallest absolute Gasteiger partial charge is 0.227 e. The Balaban J connectivity index is 1.93. The fourth-order valence-corrected chi connectivity index (χ4v) is 2.33. The second-order valence-corrected chi connectivity index (χ2v) is 5.37. The van der Waals surface area contributed by atoms with Crippen LogP contribution in [0, 0.1) is 11.8 Å². The van der Waals surface area contributed by atoms with Crippen molar-refractivity contribution in [3.8, 4) is 0 Å². The maximum absolute atomic E-state index is 12.2. The van der Waals surface area contributed by atoms with Gasteiger partial charge in [-0.05, 0) is 26.2 Å². The highest BCUT2D eigenvalue weighted by Crippen LogP contribution is 2.36. The minimum absolute atomic E-state index is 0.165. The first-order valence-electron chi connectivity index (χ1n) is 5.96. The van der Waals surface area contributed by atoms with Crippen molar-refractivity contribution in [1.29, 1.82) is 0 Å². The Labute approximate surface area is 91.8 Å². The normalized spacial score (nSPS) is 26.7. The van der Waals surface area contributed by atoms with Crippen molar-refractivity contribution in [3.05, 3.63) is 0 Å². The third-order valence-electron chi connectivity index (χ3n) is 3.49. The zero-order chi connectivity index (χ0) is 11.1. The summed E-state index contributed by atoms with van der Waals surface area (Å²) in [6.45, 7) is 7.42. The van der Waals surface area contributed by atoms with Gasteiger partial charge in [0.2, 0.25) is 5.91 Å².